The first kappa shape index (κ1) is 19.1. The number of nitrogens with one attached hydrogen (secondary N) is 1. The summed E-state index contributed by atoms with van der Waals surface area (Å²) in [4.78, 5) is 12.6. The molecule has 1 amide bonds. The number of aryl methyl sites for hydroxylation is 1. The second-order valence-electron chi connectivity index (χ2n) is 5.85. The van der Waals surface area contributed by atoms with Crippen LogP contribution in [-0.2, 0) is 21.4 Å². The summed E-state index contributed by atoms with van der Waals surface area (Å²) in [6, 6.07) is 11.8. The van der Waals surface area contributed by atoms with Crippen molar-refractivity contribution < 1.29 is 17.9 Å². The summed E-state index contributed by atoms with van der Waals surface area (Å²) in [6.07, 6.45) is 0. The van der Waals surface area contributed by atoms with Crippen molar-refractivity contribution in [3.05, 3.63) is 59.2 Å². The van der Waals surface area contributed by atoms with Gasteiger partial charge in [-0.1, -0.05) is 18.2 Å². The number of nitrogens with zero attached hydrogens (tertiary/aromatic N) is 1. The summed E-state index contributed by atoms with van der Waals surface area (Å²) >= 11 is 0. The van der Waals surface area contributed by atoms with Gasteiger partial charge in [-0.3, -0.25) is 4.79 Å². The van der Waals surface area contributed by atoms with Crippen LogP contribution < -0.4 is 5.32 Å². The van der Waals surface area contributed by atoms with Gasteiger partial charge in [0.1, 0.15) is 0 Å². The molecule has 0 aliphatic carbocycles. The molecule has 0 bridgehead atoms. The number of ether oxygens (including phenoxy) is 1. The van der Waals surface area contributed by atoms with E-state index in [2.05, 4.69) is 5.32 Å². The summed E-state index contributed by atoms with van der Waals surface area (Å²) in [5.74, 6) is -0.305. The molecule has 0 aliphatic heterocycles. The highest BCUT2D eigenvalue weighted by Crippen LogP contribution is 2.22. The Morgan fingerprint density at radius 2 is 1.88 bits per heavy atom. The minimum absolute atomic E-state index is 0.131. The second kappa shape index (κ2) is 7.77. The SMILES string of the molecule is COCc1cccc(C(=O)Nc2cc(S(=O)(=O)N(C)C)ccc2C)c1. The lowest BCUT2D eigenvalue weighted by Gasteiger charge is -2.14. The average molecular weight is 362 g/mol. The smallest absolute Gasteiger partial charge is 0.255 e. The Labute approximate surface area is 148 Å². The maximum absolute atomic E-state index is 12.5. The molecule has 0 spiro atoms. The van der Waals surface area contributed by atoms with Gasteiger partial charge in [0.15, 0.2) is 0 Å². The molecule has 0 saturated carbocycles. The Morgan fingerprint density at radius 1 is 1.16 bits per heavy atom. The molecule has 2 rings (SSSR count). The number of carbonyl (C=O) groups excluding carboxylic acids is 1. The molecule has 0 aliphatic rings. The van der Waals surface area contributed by atoms with E-state index in [1.165, 1.54) is 26.2 Å². The molecule has 0 saturated heterocycles. The first-order valence-electron chi connectivity index (χ1n) is 7.68. The van der Waals surface area contributed by atoms with Crippen molar-refractivity contribution in [1.29, 1.82) is 0 Å². The highest BCUT2D eigenvalue weighted by atomic mass is 32.2. The Bertz CT molecular complexity index is 876. The minimum Gasteiger partial charge on any atom is -0.380 e. The molecule has 1 N–H and O–H groups in total. The molecule has 134 valence electrons. The van der Waals surface area contributed by atoms with Crippen LogP contribution in [0.1, 0.15) is 21.5 Å². The predicted molar refractivity (Wildman–Crippen MR) is 97.2 cm³/mol. The number of amides is 1. The number of methoxy groups -OCH3 is 1. The molecule has 0 heterocycles. The Hall–Kier alpha value is -2.22. The van der Waals surface area contributed by atoms with Crippen LogP contribution in [0.25, 0.3) is 0 Å². The first-order valence-corrected chi connectivity index (χ1v) is 9.12. The van der Waals surface area contributed by atoms with Gasteiger partial charge in [-0.2, -0.15) is 0 Å². The molecule has 0 aromatic heterocycles. The molecule has 0 radical (unpaired) electrons. The van der Waals surface area contributed by atoms with Gasteiger partial charge in [-0.15, -0.1) is 0 Å². The van der Waals surface area contributed by atoms with Crippen molar-refractivity contribution >= 4 is 21.6 Å². The number of carbonyl (C=O) groups is 1. The van der Waals surface area contributed by atoms with Crippen molar-refractivity contribution in [3.63, 3.8) is 0 Å². The van der Waals surface area contributed by atoms with Crippen molar-refractivity contribution in [2.24, 2.45) is 0 Å². The number of anilines is 1. The van der Waals surface area contributed by atoms with Gasteiger partial charge in [0, 0.05) is 32.5 Å². The van der Waals surface area contributed by atoms with E-state index >= 15 is 0 Å². The number of sulfonamides is 1. The minimum atomic E-state index is -3.57. The van der Waals surface area contributed by atoms with Crippen LogP contribution in [-0.4, -0.2) is 39.8 Å². The summed E-state index contributed by atoms with van der Waals surface area (Å²) in [7, 11) is 0.959. The fourth-order valence-corrected chi connectivity index (χ4v) is 3.20. The number of hydrogen-bond donors (Lipinski definition) is 1. The summed E-state index contributed by atoms with van der Waals surface area (Å²) < 4.78 is 30.7. The third kappa shape index (κ3) is 4.45. The topological polar surface area (TPSA) is 75.7 Å². The largest absolute Gasteiger partial charge is 0.380 e. The fraction of sp³-hybridized carbons (Fsp3) is 0.278. The Morgan fingerprint density at radius 3 is 2.52 bits per heavy atom. The van der Waals surface area contributed by atoms with Crippen LogP contribution in [0.3, 0.4) is 0 Å². The third-order valence-corrected chi connectivity index (χ3v) is 5.55. The van der Waals surface area contributed by atoms with Gasteiger partial charge >= 0.3 is 0 Å². The molecule has 2 aromatic rings. The molecule has 25 heavy (non-hydrogen) atoms. The summed E-state index contributed by atoms with van der Waals surface area (Å²) in [6.45, 7) is 2.22. The highest BCUT2D eigenvalue weighted by Gasteiger charge is 2.19. The predicted octanol–water partition coefficient (Wildman–Crippen LogP) is 2.64. The molecule has 6 nitrogen and oxygen atoms in total. The van der Waals surface area contributed by atoms with Crippen LogP contribution in [0.5, 0.6) is 0 Å². The van der Waals surface area contributed by atoms with Crippen LogP contribution in [0, 0.1) is 6.92 Å². The quantitative estimate of drug-likeness (QED) is 0.857. The fourth-order valence-electron chi connectivity index (χ4n) is 2.27. The van der Waals surface area contributed by atoms with E-state index in [1.807, 2.05) is 13.0 Å². The Kier molecular flexibility index (Phi) is 5.94. The molecule has 0 unspecified atom stereocenters. The van der Waals surface area contributed by atoms with Crippen molar-refractivity contribution in [3.8, 4) is 0 Å². The molecular formula is C18H22N2O4S. The van der Waals surface area contributed by atoms with Crippen molar-refractivity contribution in [2.45, 2.75) is 18.4 Å². The standard InChI is InChI=1S/C18H22N2O4S/c1-13-8-9-16(25(22,23)20(2)3)11-17(13)19-18(21)15-7-5-6-14(10-15)12-24-4/h5-11H,12H2,1-4H3,(H,19,21). The number of benzene rings is 2. The lowest BCUT2D eigenvalue weighted by atomic mass is 10.1. The maximum atomic E-state index is 12.5. The summed E-state index contributed by atoms with van der Waals surface area (Å²) in [5.41, 5.74) is 2.61. The lowest BCUT2D eigenvalue weighted by molar-refractivity contribution is 0.102. The van der Waals surface area contributed by atoms with E-state index in [4.69, 9.17) is 4.74 Å². The third-order valence-electron chi connectivity index (χ3n) is 3.74. The van der Waals surface area contributed by atoms with E-state index in [9.17, 15) is 13.2 Å². The maximum Gasteiger partial charge on any atom is 0.255 e. The van der Waals surface area contributed by atoms with E-state index in [-0.39, 0.29) is 10.8 Å². The zero-order valence-electron chi connectivity index (χ0n) is 14.7. The lowest BCUT2D eigenvalue weighted by Crippen LogP contribution is -2.22. The summed E-state index contributed by atoms with van der Waals surface area (Å²) in [5, 5.41) is 2.78. The van der Waals surface area contributed by atoms with Gasteiger partial charge < -0.3 is 10.1 Å². The van der Waals surface area contributed by atoms with E-state index in [0.717, 1.165) is 15.4 Å². The van der Waals surface area contributed by atoms with Gasteiger partial charge in [0.2, 0.25) is 10.0 Å². The van der Waals surface area contributed by atoms with Gasteiger partial charge in [-0.05, 0) is 42.3 Å². The molecular weight excluding hydrogens is 340 g/mol. The van der Waals surface area contributed by atoms with Crippen molar-refractivity contribution in [1.82, 2.24) is 4.31 Å². The Balaban J connectivity index is 2.31. The van der Waals surface area contributed by atoms with E-state index in [0.29, 0.717) is 17.9 Å². The molecule has 7 heteroatoms. The average Bonchev–Trinajstić information content (AvgIpc) is 2.57. The van der Waals surface area contributed by atoms with Crippen LogP contribution in [0.2, 0.25) is 0 Å². The van der Waals surface area contributed by atoms with Gasteiger partial charge in [0.25, 0.3) is 5.91 Å². The van der Waals surface area contributed by atoms with Crippen LogP contribution >= 0.6 is 0 Å². The van der Waals surface area contributed by atoms with E-state index < -0.39 is 10.0 Å². The highest BCUT2D eigenvalue weighted by molar-refractivity contribution is 7.89. The molecule has 2 aromatic carbocycles. The normalized spacial score (nSPS) is 11.6. The van der Waals surface area contributed by atoms with Gasteiger partial charge in [-0.25, -0.2) is 12.7 Å². The van der Waals surface area contributed by atoms with Crippen LogP contribution in [0.15, 0.2) is 47.4 Å². The molecule has 0 fully saturated rings. The van der Waals surface area contributed by atoms with Crippen molar-refractivity contribution in [2.75, 3.05) is 26.5 Å². The first-order chi connectivity index (χ1) is 11.8. The monoisotopic (exact) mass is 362 g/mol. The van der Waals surface area contributed by atoms with Crippen LogP contribution in [0.4, 0.5) is 5.69 Å². The number of hydrogen-bond acceptors (Lipinski definition) is 4. The second-order valence-corrected chi connectivity index (χ2v) is 8.00. The molecule has 0 atom stereocenters. The van der Waals surface area contributed by atoms with E-state index in [1.54, 1.807) is 31.4 Å². The number of rotatable bonds is 6. The zero-order chi connectivity index (χ0) is 18.6. The van der Waals surface area contributed by atoms with Gasteiger partial charge in [0.05, 0.1) is 11.5 Å². The zero-order valence-corrected chi connectivity index (χ0v) is 15.6.